The lowest BCUT2D eigenvalue weighted by atomic mass is 10.2. The summed E-state index contributed by atoms with van der Waals surface area (Å²) in [6.45, 7) is 5.53. The third-order valence-electron chi connectivity index (χ3n) is 2.46. The molecule has 1 saturated carbocycles. The van der Waals surface area contributed by atoms with Crippen molar-refractivity contribution in [1.82, 2.24) is 5.32 Å². The van der Waals surface area contributed by atoms with Crippen LogP contribution in [-0.2, 0) is 0 Å². The normalized spacial score (nSPS) is 32.5. The van der Waals surface area contributed by atoms with Gasteiger partial charge in [-0.3, -0.25) is 4.99 Å². The first kappa shape index (κ1) is 8.42. The van der Waals surface area contributed by atoms with Crippen molar-refractivity contribution in [1.29, 1.82) is 0 Å². The Hall–Kier alpha value is -0.180. The van der Waals surface area contributed by atoms with Gasteiger partial charge in [-0.2, -0.15) is 0 Å². The molecule has 2 rings (SSSR count). The number of thioether (sulfide) groups is 1. The lowest BCUT2D eigenvalue weighted by molar-refractivity contribution is 0.642. The van der Waals surface area contributed by atoms with Gasteiger partial charge >= 0.3 is 0 Å². The molecular formula is C9H16N2S. The molecule has 0 spiro atoms. The minimum absolute atomic E-state index is 0.395. The lowest BCUT2D eigenvalue weighted by Gasteiger charge is -2.20. The van der Waals surface area contributed by atoms with E-state index in [2.05, 4.69) is 24.2 Å². The predicted octanol–water partition coefficient (Wildman–Crippen LogP) is 1.87. The highest BCUT2D eigenvalue weighted by Gasteiger charge is 2.38. The molecule has 0 aromatic carbocycles. The van der Waals surface area contributed by atoms with Gasteiger partial charge in [-0.25, -0.2) is 0 Å². The van der Waals surface area contributed by atoms with E-state index in [4.69, 9.17) is 0 Å². The molecule has 1 aliphatic heterocycles. The van der Waals surface area contributed by atoms with Gasteiger partial charge in [0.05, 0.1) is 0 Å². The van der Waals surface area contributed by atoms with E-state index < -0.39 is 0 Å². The second kappa shape index (κ2) is 2.95. The van der Waals surface area contributed by atoms with E-state index in [9.17, 15) is 0 Å². The van der Waals surface area contributed by atoms with Crippen LogP contribution >= 0.6 is 11.8 Å². The average molecular weight is 184 g/mol. The van der Waals surface area contributed by atoms with E-state index in [1.54, 1.807) is 0 Å². The van der Waals surface area contributed by atoms with Gasteiger partial charge in [0, 0.05) is 17.8 Å². The second-order valence-electron chi connectivity index (χ2n) is 4.25. The van der Waals surface area contributed by atoms with Crippen LogP contribution in [0.1, 0.15) is 26.7 Å². The lowest BCUT2D eigenvalue weighted by Crippen LogP contribution is -2.34. The van der Waals surface area contributed by atoms with Crippen molar-refractivity contribution in [2.75, 3.05) is 12.3 Å². The Kier molecular flexibility index (Phi) is 2.07. The molecular weight excluding hydrogens is 168 g/mol. The Morgan fingerprint density at radius 3 is 2.83 bits per heavy atom. The van der Waals surface area contributed by atoms with Gasteiger partial charge < -0.3 is 5.32 Å². The SMILES string of the molecule is CC1CN=C(NC2(C)CC2)SC1. The van der Waals surface area contributed by atoms with Crippen LogP contribution in [0.15, 0.2) is 4.99 Å². The molecule has 1 fully saturated rings. The Bertz CT molecular complexity index is 209. The van der Waals surface area contributed by atoms with Crippen LogP contribution in [0.2, 0.25) is 0 Å². The summed E-state index contributed by atoms with van der Waals surface area (Å²) in [6, 6.07) is 0. The van der Waals surface area contributed by atoms with Crippen molar-refractivity contribution in [2.24, 2.45) is 10.9 Å². The van der Waals surface area contributed by atoms with Gasteiger partial charge in [0.15, 0.2) is 5.17 Å². The standard InChI is InChI=1S/C9H16N2S/c1-7-5-10-8(12-6-7)11-9(2)3-4-9/h7H,3-6H2,1-2H3,(H,10,11). The maximum atomic E-state index is 4.50. The first-order chi connectivity index (χ1) is 5.68. The fourth-order valence-corrected chi connectivity index (χ4v) is 2.24. The van der Waals surface area contributed by atoms with Crippen LogP contribution in [0.25, 0.3) is 0 Å². The molecule has 3 heteroatoms. The van der Waals surface area contributed by atoms with Crippen molar-refractivity contribution < 1.29 is 0 Å². The second-order valence-corrected chi connectivity index (χ2v) is 5.26. The van der Waals surface area contributed by atoms with Crippen LogP contribution in [0.3, 0.4) is 0 Å². The van der Waals surface area contributed by atoms with Gasteiger partial charge in [0.1, 0.15) is 0 Å². The minimum Gasteiger partial charge on any atom is -0.360 e. The summed E-state index contributed by atoms with van der Waals surface area (Å²) < 4.78 is 0. The van der Waals surface area contributed by atoms with Crippen molar-refractivity contribution in [3.05, 3.63) is 0 Å². The molecule has 0 bridgehead atoms. The largest absolute Gasteiger partial charge is 0.360 e. The third-order valence-corrected chi connectivity index (χ3v) is 3.70. The maximum absolute atomic E-state index is 4.50. The van der Waals surface area contributed by atoms with Crippen LogP contribution in [0.4, 0.5) is 0 Å². The molecule has 0 aromatic heterocycles. The zero-order valence-electron chi connectivity index (χ0n) is 7.76. The van der Waals surface area contributed by atoms with Gasteiger partial charge in [0.25, 0.3) is 0 Å². The molecule has 2 aliphatic rings. The summed E-state index contributed by atoms with van der Waals surface area (Å²) in [5, 5.41) is 4.68. The number of rotatable bonds is 1. The van der Waals surface area contributed by atoms with Crippen LogP contribution < -0.4 is 5.32 Å². The number of hydrogen-bond donors (Lipinski definition) is 1. The summed E-state index contributed by atoms with van der Waals surface area (Å²) in [7, 11) is 0. The van der Waals surface area contributed by atoms with E-state index in [1.165, 1.54) is 23.8 Å². The van der Waals surface area contributed by atoms with Gasteiger partial charge in [-0.15, -0.1) is 0 Å². The van der Waals surface area contributed by atoms with Crippen molar-refractivity contribution in [3.8, 4) is 0 Å². The van der Waals surface area contributed by atoms with E-state index >= 15 is 0 Å². The van der Waals surface area contributed by atoms with Crippen molar-refractivity contribution in [3.63, 3.8) is 0 Å². The summed E-state index contributed by atoms with van der Waals surface area (Å²) >= 11 is 1.88. The molecule has 12 heavy (non-hydrogen) atoms. The molecule has 0 radical (unpaired) electrons. The van der Waals surface area contributed by atoms with Crippen LogP contribution in [-0.4, -0.2) is 23.0 Å². The first-order valence-electron chi connectivity index (χ1n) is 4.63. The van der Waals surface area contributed by atoms with E-state index in [0.29, 0.717) is 5.54 Å². The fourth-order valence-electron chi connectivity index (χ4n) is 1.20. The molecule has 68 valence electrons. The average Bonchev–Trinajstić information content (AvgIpc) is 2.74. The Labute approximate surface area is 78.2 Å². The van der Waals surface area contributed by atoms with Crippen molar-refractivity contribution >= 4 is 16.9 Å². The quantitative estimate of drug-likeness (QED) is 0.673. The number of hydrogen-bond acceptors (Lipinski definition) is 3. The molecule has 1 heterocycles. The maximum Gasteiger partial charge on any atom is 0.156 e. The van der Waals surface area contributed by atoms with Gasteiger partial charge in [-0.05, 0) is 25.7 Å². The zero-order chi connectivity index (χ0) is 8.60. The Morgan fingerprint density at radius 2 is 2.33 bits per heavy atom. The number of nitrogens with zero attached hydrogens (tertiary/aromatic N) is 1. The Morgan fingerprint density at radius 1 is 1.58 bits per heavy atom. The molecule has 2 nitrogen and oxygen atoms in total. The fraction of sp³-hybridized carbons (Fsp3) is 0.889. The molecule has 1 N–H and O–H groups in total. The number of amidine groups is 1. The van der Waals surface area contributed by atoms with Gasteiger partial charge in [0.2, 0.25) is 0 Å². The predicted molar refractivity (Wildman–Crippen MR) is 54.7 cm³/mol. The Balaban J connectivity index is 1.88. The topological polar surface area (TPSA) is 24.4 Å². The molecule has 0 saturated heterocycles. The summed E-state index contributed by atoms with van der Waals surface area (Å²) in [5.74, 6) is 1.98. The van der Waals surface area contributed by atoms with E-state index in [-0.39, 0.29) is 0 Å². The highest BCUT2D eigenvalue weighted by Crippen LogP contribution is 2.35. The third kappa shape index (κ3) is 1.94. The number of nitrogens with one attached hydrogen (secondary N) is 1. The highest BCUT2D eigenvalue weighted by atomic mass is 32.2. The first-order valence-corrected chi connectivity index (χ1v) is 5.62. The zero-order valence-corrected chi connectivity index (χ0v) is 8.58. The molecule has 1 aliphatic carbocycles. The molecule has 1 unspecified atom stereocenters. The monoisotopic (exact) mass is 184 g/mol. The molecule has 0 amide bonds. The summed E-state index contributed by atoms with van der Waals surface area (Å²) in [5.41, 5.74) is 0.395. The van der Waals surface area contributed by atoms with E-state index in [0.717, 1.165) is 12.5 Å². The number of aliphatic imine (C=N–C) groups is 1. The summed E-state index contributed by atoms with van der Waals surface area (Å²) in [4.78, 5) is 4.50. The molecule has 0 aromatic rings. The molecule has 1 atom stereocenters. The minimum atomic E-state index is 0.395. The van der Waals surface area contributed by atoms with Crippen LogP contribution in [0.5, 0.6) is 0 Å². The van der Waals surface area contributed by atoms with E-state index in [1.807, 2.05) is 11.8 Å². The van der Waals surface area contributed by atoms with Crippen molar-refractivity contribution in [2.45, 2.75) is 32.2 Å². The van der Waals surface area contributed by atoms with Crippen LogP contribution in [0, 0.1) is 5.92 Å². The smallest absolute Gasteiger partial charge is 0.156 e. The van der Waals surface area contributed by atoms with Gasteiger partial charge in [-0.1, -0.05) is 18.7 Å². The summed E-state index contributed by atoms with van der Waals surface area (Å²) in [6.07, 6.45) is 2.62. The highest BCUT2D eigenvalue weighted by molar-refractivity contribution is 8.13.